The van der Waals surface area contributed by atoms with Crippen LogP contribution in [0.1, 0.15) is 122 Å². The summed E-state index contributed by atoms with van der Waals surface area (Å²) in [5.74, 6) is 1.29. The molecule has 0 fully saturated rings. The largest absolute Gasteiger partial charge is 0.512 e. The molecule has 2 heterocycles. The average Bonchev–Trinajstić information content (AvgIpc) is 3.16. The summed E-state index contributed by atoms with van der Waals surface area (Å²) in [4.78, 5) is 31.3. The summed E-state index contributed by atoms with van der Waals surface area (Å²) in [6.45, 7) is 33.6. The second-order valence-electron chi connectivity index (χ2n) is 20.4. The standard InChI is InChI=1S/C22H24N.C21H22N.C11H20O2.C5H8O2.2Ir/c1-14(2)8-18-13-22(19-10-16(4)9-17(5)11-19)23-21-7-6-15(3)12-20(18)21;1-14(2)9-17-13-21(18-11-15(3)10-16(4)12-18)22-20-8-6-5-7-19(17)20;1-10(2,3)8(12)7-9(13)11(4,5)6;1-4(6)3-5(2)7;;/h6-7,9-10,12-14H,8H2,1-5H3;5-8,10-11,13-14H,9H2,1-4H3;7,12H,1-6H3;3,6H,1-2H3;;/q2*-1;;;;. The van der Waals surface area contributed by atoms with Gasteiger partial charge < -0.3 is 10.2 Å². The summed E-state index contributed by atoms with van der Waals surface area (Å²) in [5, 5.41) is 20.5. The fourth-order valence-corrected chi connectivity index (χ4v) is 7.07. The fraction of sp³-hybridized carbons (Fsp3) is 0.390. The maximum absolute atomic E-state index is 11.5. The Morgan fingerprint density at radius 2 is 1.03 bits per heavy atom. The monoisotopic (exact) mass is 1260 g/mol. The number of aliphatic hydroxyl groups is 2. The van der Waals surface area contributed by atoms with Gasteiger partial charge in [0.15, 0.2) is 11.6 Å². The van der Waals surface area contributed by atoms with Gasteiger partial charge in [0, 0.05) is 74.0 Å². The van der Waals surface area contributed by atoms with Crippen LogP contribution < -0.4 is 0 Å². The molecule has 8 heteroatoms. The molecule has 2 N–H and O–H groups in total. The summed E-state index contributed by atoms with van der Waals surface area (Å²) in [6, 6.07) is 35.0. The molecule has 0 aliphatic rings. The van der Waals surface area contributed by atoms with Crippen molar-refractivity contribution in [1.29, 1.82) is 0 Å². The molecule has 0 saturated heterocycles. The number of aliphatic hydroxyl groups excluding tert-OH is 2. The summed E-state index contributed by atoms with van der Waals surface area (Å²) in [7, 11) is 0. The molecule has 0 saturated carbocycles. The van der Waals surface area contributed by atoms with Gasteiger partial charge in [-0.2, -0.15) is 0 Å². The molecule has 6 aromatic rings. The van der Waals surface area contributed by atoms with E-state index in [9.17, 15) is 14.7 Å². The number of hydrogen-bond donors (Lipinski definition) is 2. The molecular formula is C59H74Ir2N2O4-2. The van der Waals surface area contributed by atoms with Gasteiger partial charge >= 0.3 is 0 Å². The van der Waals surface area contributed by atoms with E-state index in [1.165, 1.54) is 64.6 Å². The van der Waals surface area contributed by atoms with Crippen LogP contribution in [0.5, 0.6) is 0 Å². The summed E-state index contributed by atoms with van der Waals surface area (Å²) in [6.07, 6.45) is 4.64. The van der Waals surface area contributed by atoms with Crippen LogP contribution in [0.4, 0.5) is 0 Å². The molecule has 2 aromatic heterocycles. The first kappa shape index (κ1) is 60.4. The summed E-state index contributed by atoms with van der Waals surface area (Å²) >= 11 is 0. The molecule has 0 aliphatic heterocycles. The normalized spacial score (nSPS) is 11.6. The molecule has 364 valence electrons. The number of para-hydroxylation sites is 1. The Bertz CT molecular complexity index is 2620. The molecule has 6 rings (SSSR count). The number of rotatable bonds is 8. The predicted octanol–water partition coefficient (Wildman–Crippen LogP) is 15.5. The molecular weight excluding hydrogens is 1190 g/mol. The number of carbonyl (C=O) groups is 2. The number of benzene rings is 4. The van der Waals surface area contributed by atoms with Gasteiger partial charge in [0.1, 0.15) is 5.76 Å². The van der Waals surface area contributed by atoms with Crippen molar-refractivity contribution in [1.82, 2.24) is 9.97 Å². The Morgan fingerprint density at radius 3 is 1.42 bits per heavy atom. The number of allylic oxidation sites excluding steroid dienone is 4. The molecule has 0 bridgehead atoms. The van der Waals surface area contributed by atoms with Crippen molar-refractivity contribution in [3.8, 4) is 22.5 Å². The minimum atomic E-state index is -0.417. The fourth-order valence-electron chi connectivity index (χ4n) is 7.07. The summed E-state index contributed by atoms with van der Waals surface area (Å²) < 4.78 is 0. The van der Waals surface area contributed by atoms with Crippen molar-refractivity contribution >= 4 is 33.4 Å². The second-order valence-corrected chi connectivity index (χ2v) is 20.4. The van der Waals surface area contributed by atoms with Gasteiger partial charge in [0.05, 0.1) is 16.8 Å². The van der Waals surface area contributed by atoms with Crippen molar-refractivity contribution < 1.29 is 60.0 Å². The Morgan fingerprint density at radius 1 is 0.582 bits per heavy atom. The molecule has 0 spiro atoms. The predicted molar refractivity (Wildman–Crippen MR) is 274 cm³/mol. The zero-order chi connectivity index (χ0) is 49.0. The van der Waals surface area contributed by atoms with Crippen LogP contribution in [-0.2, 0) is 62.6 Å². The van der Waals surface area contributed by atoms with Crippen molar-refractivity contribution in [2.45, 2.75) is 131 Å². The number of hydrogen-bond acceptors (Lipinski definition) is 6. The Balaban J connectivity index is 0.000000477. The Kier molecular flexibility index (Phi) is 24.2. The third-order valence-corrected chi connectivity index (χ3v) is 10.1. The number of pyridine rings is 2. The van der Waals surface area contributed by atoms with E-state index in [4.69, 9.17) is 15.1 Å². The molecule has 2 radical (unpaired) electrons. The number of aryl methyl sites for hydroxylation is 5. The van der Waals surface area contributed by atoms with Gasteiger partial charge in [-0.05, 0) is 86.2 Å². The van der Waals surface area contributed by atoms with Crippen molar-refractivity contribution in [2.75, 3.05) is 0 Å². The van der Waals surface area contributed by atoms with Gasteiger partial charge in [-0.1, -0.05) is 139 Å². The zero-order valence-electron chi connectivity index (χ0n) is 43.0. The van der Waals surface area contributed by atoms with Gasteiger partial charge in [0.25, 0.3) is 0 Å². The SMILES string of the molecule is CC(=O)C=C(C)O.CC(C)(C)C(=O)C=C(O)C(C)(C)C.Cc1[c-]c(-c2cc(CC(C)C)c3cc(C)ccc3n2)cc(C)c1.Cc1[c-]c(-c2cc(CC(C)C)c3ccccc3n2)cc(C)c1.[Ir].[Ir]. The third kappa shape index (κ3) is 20.3. The number of nitrogens with zero attached hydrogens (tertiary/aromatic N) is 2. The first-order valence-corrected chi connectivity index (χ1v) is 22.8. The van der Waals surface area contributed by atoms with Crippen molar-refractivity contribution in [2.24, 2.45) is 22.7 Å². The molecule has 4 aromatic carbocycles. The number of carbonyl (C=O) groups excluding carboxylic acids is 2. The first-order chi connectivity index (χ1) is 30.1. The van der Waals surface area contributed by atoms with E-state index < -0.39 is 5.41 Å². The van der Waals surface area contributed by atoms with Gasteiger partial charge in [-0.3, -0.25) is 19.6 Å². The van der Waals surface area contributed by atoms with E-state index in [1.54, 1.807) is 0 Å². The van der Waals surface area contributed by atoms with Crippen LogP contribution in [0, 0.1) is 69.4 Å². The van der Waals surface area contributed by atoms with Crippen LogP contribution in [0.2, 0.25) is 0 Å². The van der Waals surface area contributed by atoms with Crippen LogP contribution in [-0.4, -0.2) is 31.7 Å². The van der Waals surface area contributed by atoms with Crippen molar-refractivity contribution in [3.05, 3.63) is 154 Å². The van der Waals surface area contributed by atoms with Crippen LogP contribution in [0.3, 0.4) is 0 Å². The van der Waals surface area contributed by atoms with Crippen LogP contribution in [0.15, 0.2) is 103 Å². The van der Waals surface area contributed by atoms with Gasteiger partial charge in [-0.25, -0.2) is 0 Å². The van der Waals surface area contributed by atoms with Gasteiger partial charge in [0.2, 0.25) is 0 Å². The summed E-state index contributed by atoms with van der Waals surface area (Å²) in [5.41, 5.74) is 14.5. The topological polar surface area (TPSA) is 100 Å². The second kappa shape index (κ2) is 26.8. The maximum atomic E-state index is 11.5. The number of fused-ring (bicyclic) bond motifs is 2. The van der Waals surface area contributed by atoms with E-state index in [2.05, 4.69) is 153 Å². The first-order valence-electron chi connectivity index (χ1n) is 22.8. The molecule has 0 amide bonds. The van der Waals surface area contributed by atoms with Crippen LogP contribution in [0.25, 0.3) is 44.3 Å². The van der Waals surface area contributed by atoms with E-state index in [-0.39, 0.29) is 68.7 Å². The minimum Gasteiger partial charge on any atom is -0.512 e. The molecule has 0 unspecified atom stereocenters. The van der Waals surface area contributed by atoms with Crippen molar-refractivity contribution in [3.63, 3.8) is 0 Å². The Hall–Kier alpha value is -4.58. The zero-order valence-corrected chi connectivity index (χ0v) is 47.8. The average molecular weight is 1260 g/mol. The van der Waals surface area contributed by atoms with E-state index >= 15 is 0 Å². The van der Waals surface area contributed by atoms with E-state index in [0.717, 1.165) is 57.5 Å². The molecule has 0 aliphatic carbocycles. The smallest absolute Gasteiger partial charge is 0.164 e. The minimum absolute atomic E-state index is 0. The molecule has 0 atom stereocenters. The molecule has 6 nitrogen and oxygen atoms in total. The third-order valence-electron chi connectivity index (χ3n) is 10.1. The number of aromatic nitrogens is 2. The quantitative estimate of drug-likeness (QED) is 0.0895. The Labute approximate surface area is 429 Å². The van der Waals surface area contributed by atoms with Gasteiger partial charge in [-0.15, -0.1) is 69.8 Å². The van der Waals surface area contributed by atoms with E-state index in [1.807, 2.05) is 41.5 Å². The van der Waals surface area contributed by atoms with E-state index in [0.29, 0.717) is 11.8 Å². The maximum Gasteiger partial charge on any atom is 0.164 e. The van der Waals surface area contributed by atoms with Crippen LogP contribution >= 0.6 is 0 Å². The molecule has 67 heavy (non-hydrogen) atoms. The number of ketones is 2.